The topological polar surface area (TPSA) is 102 Å². The third kappa shape index (κ3) is 26.6. The van der Waals surface area contributed by atoms with Crippen LogP contribution in [0.2, 0.25) is 20.1 Å². The molecule has 10 nitrogen and oxygen atoms in total. The van der Waals surface area contributed by atoms with Gasteiger partial charge < -0.3 is 19.6 Å². The molecule has 16 heteroatoms. The highest BCUT2D eigenvalue weighted by Crippen LogP contribution is 2.26. The maximum atomic E-state index is 11.2. The predicted octanol–water partition coefficient (Wildman–Crippen LogP) is 9.46. The summed E-state index contributed by atoms with van der Waals surface area (Å²) >= 11 is 27.6. The number of hydrogen-bond acceptors (Lipinski definition) is 8. The van der Waals surface area contributed by atoms with Crippen molar-refractivity contribution in [3.05, 3.63) is 56.5 Å². The lowest BCUT2D eigenvalue weighted by molar-refractivity contribution is -0.0790. The van der Waals surface area contributed by atoms with Crippen LogP contribution in [0.4, 0.5) is 4.79 Å². The Morgan fingerprint density at radius 2 is 1.07 bits per heavy atom. The van der Waals surface area contributed by atoms with E-state index in [2.05, 4.69) is 61.0 Å². The molecule has 0 aliphatic rings. The number of carbonyl (C=O) groups excluding carboxylic acids is 1. The maximum Gasteiger partial charge on any atom is 0.439 e. The van der Waals surface area contributed by atoms with Crippen molar-refractivity contribution in [2.24, 2.45) is 0 Å². The second-order valence-electron chi connectivity index (χ2n) is 8.43. The maximum absolute atomic E-state index is 11.2. The highest BCUT2D eigenvalue weighted by Gasteiger charge is 2.11. The summed E-state index contributed by atoms with van der Waals surface area (Å²) in [5.41, 5.74) is 0. The number of hydrogen-bond donors (Lipinski definition) is 2. The first-order valence-electron chi connectivity index (χ1n) is 14.2. The molecule has 0 atom stereocenters. The fourth-order valence-electron chi connectivity index (χ4n) is 2.69. The van der Waals surface area contributed by atoms with Crippen LogP contribution in [0.3, 0.4) is 0 Å². The number of benzene rings is 2. The Hall–Kier alpha value is -1.44. The number of amidine groups is 1. The fourth-order valence-corrected chi connectivity index (χ4v) is 3.34. The first-order valence-corrected chi connectivity index (χ1v) is 16.1. The van der Waals surface area contributed by atoms with Crippen LogP contribution in [0.25, 0.3) is 0 Å². The van der Waals surface area contributed by atoms with Gasteiger partial charge in [-0.2, -0.15) is 5.06 Å². The van der Waals surface area contributed by atoms with Crippen molar-refractivity contribution in [1.29, 1.82) is 5.41 Å². The summed E-state index contributed by atoms with van der Waals surface area (Å²) < 4.78 is 4.92. The number of halogens is 6. The zero-order valence-corrected chi connectivity index (χ0v) is 33.0. The molecule has 2 aromatic rings. The van der Waals surface area contributed by atoms with Gasteiger partial charge in [-0.1, -0.05) is 87.9 Å². The summed E-state index contributed by atoms with van der Waals surface area (Å²) in [6, 6.07) is 8.94. The van der Waals surface area contributed by atoms with Crippen molar-refractivity contribution in [1.82, 2.24) is 19.9 Å². The highest BCUT2D eigenvalue weighted by molar-refractivity contribution is 6.63. The molecule has 268 valence electrons. The second-order valence-corrected chi connectivity index (χ2v) is 10.4. The van der Waals surface area contributed by atoms with Gasteiger partial charge >= 0.3 is 6.09 Å². The Morgan fingerprint density at radius 3 is 1.30 bits per heavy atom. The number of hydroxylamine groups is 4. The van der Waals surface area contributed by atoms with E-state index in [0.29, 0.717) is 25.8 Å². The van der Waals surface area contributed by atoms with Crippen molar-refractivity contribution >= 4 is 81.8 Å². The van der Waals surface area contributed by atoms with Gasteiger partial charge in [0.1, 0.15) is 11.5 Å². The van der Waals surface area contributed by atoms with E-state index in [9.17, 15) is 4.79 Å². The van der Waals surface area contributed by atoms with Gasteiger partial charge in [-0.05, 0) is 81.2 Å². The number of aromatic hydroxyl groups is 1. The number of nitrogens with zero attached hydrogens (tertiary/aromatic N) is 4. The van der Waals surface area contributed by atoms with Gasteiger partial charge in [-0.15, -0.1) is 12.4 Å². The van der Waals surface area contributed by atoms with Gasteiger partial charge in [0.25, 0.3) is 0 Å². The molecule has 0 aromatic heterocycles. The first-order chi connectivity index (χ1) is 21.1. The Labute approximate surface area is 307 Å². The van der Waals surface area contributed by atoms with Crippen LogP contribution in [0.1, 0.15) is 41.5 Å². The van der Waals surface area contributed by atoms with E-state index in [-0.39, 0.29) is 23.5 Å². The van der Waals surface area contributed by atoms with Crippen LogP contribution < -0.4 is 4.74 Å². The molecule has 0 saturated carbocycles. The zero-order valence-electron chi connectivity index (χ0n) is 28.4. The molecule has 2 N–H and O–H groups in total. The zero-order chi connectivity index (χ0) is 35.5. The molecule has 0 radical (unpaired) electrons. The van der Waals surface area contributed by atoms with Gasteiger partial charge in [-0.25, -0.2) is 9.86 Å². The van der Waals surface area contributed by atoms with E-state index >= 15 is 0 Å². The average molecular weight is 774 g/mol. The third-order valence-corrected chi connectivity index (χ3v) is 7.48. The van der Waals surface area contributed by atoms with E-state index < -0.39 is 6.09 Å². The molecule has 0 aliphatic carbocycles. The smallest absolute Gasteiger partial charge is 0.439 e. The Balaban J connectivity index is -0.000000250. The van der Waals surface area contributed by atoms with Crippen LogP contribution in [-0.4, -0.2) is 104 Å². The Kier molecular flexibility index (Phi) is 35.9. The van der Waals surface area contributed by atoms with Crippen LogP contribution in [0, 0.1) is 5.41 Å². The van der Waals surface area contributed by atoms with Crippen molar-refractivity contribution < 1.29 is 24.3 Å². The lowest BCUT2D eigenvalue weighted by Crippen LogP contribution is -2.28. The molecule has 0 unspecified atom stereocenters. The van der Waals surface area contributed by atoms with Gasteiger partial charge in [0.05, 0.1) is 34.3 Å². The van der Waals surface area contributed by atoms with Gasteiger partial charge in [-0.3, -0.25) is 15.1 Å². The SMILES string of the molecule is CCN(CC)CC.CCN(CC)CC.CON(C)C(=N)Cl.CON(C)C(=O)Oc1ccc(Cl)c(Cl)c1.Cl.Oc1ccc(Cl)c(Cl)c1. The molecule has 1 amide bonds. The van der Waals surface area contributed by atoms with Crippen molar-refractivity contribution in [3.8, 4) is 11.5 Å². The standard InChI is InChI=1S/C9H9Cl2NO3.C6H4Cl2O.2C6H15N.C3H7ClN2O.ClH/c1-12(14-2)9(13)15-6-3-4-7(10)8(11)5-6;7-5-2-1-4(9)3-6(5)8;2*1-4-7(5-2)6-3;1-6(7-2)3(4)5;/h3-5H,1-2H3;1-3,9H;2*4-6H2,1-3H3;5H,1-2H3;1H. The van der Waals surface area contributed by atoms with E-state index in [1.54, 1.807) is 19.2 Å². The summed E-state index contributed by atoms with van der Waals surface area (Å²) in [5.74, 6) is 0.433. The van der Waals surface area contributed by atoms with Gasteiger partial charge in [0.2, 0.25) is 5.29 Å². The Morgan fingerprint density at radius 1 is 0.696 bits per heavy atom. The molecule has 0 aliphatic heterocycles. The molecule has 0 saturated heterocycles. The normalized spacial score (nSPS) is 9.50. The molecule has 0 fully saturated rings. The summed E-state index contributed by atoms with van der Waals surface area (Å²) in [6.07, 6.45) is -0.643. The van der Waals surface area contributed by atoms with Gasteiger partial charge in [0.15, 0.2) is 0 Å². The fraction of sp³-hybridized carbons (Fsp3) is 0.533. The number of amides is 1. The summed E-state index contributed by atoms with van der Waals surface area (Å²) in [6.45, 7) is 20.2. The molecule has 0 heterocycles. The van der Waals surface area contributed by atoms with Crippen molar-refractivity contribution in [2.45, 2.75) is 41.5 Å². The molecule has 0 spiro atoms. The third-order valence-electron chi connectivity index (χ3n) is 5.76. The van der Waals surface area contributed by atoms with E-state index in [1.807, 2.05) is 0 Å². The summed E-state index contributed by atoms with van der Waals surface area (Å²) in [4.78, 5) is 25.1. The summed E-state index contributed by atoms with van der Waals surface area (Å²) in [5, 5.41) is 19.0. The van der Waals surface area contributed by atoms with Gasteiger partial charge in [0, 0.05) is 20.2 Å². The average Bonchev–Trinajstić information content (AvgIpc) is 3.03. The number of ether oxygens (including phenoxy) is 1. The first kappa shape index (κ1) is 51.4. The van der Waals surface area contributed by atoms with Crippen LogP contribution >= 0.6 is 70.4 Å². The molecular weight excluding hydrogens is 723 g/mol. The quantitative estimate of drug-likeness (QED) is 0.113. The second kappa shape index (κ2) is 32.1. The Bertz CT molecular complexity index is 1040. The van der Waals surface area contributed by atoms with Crippen molar-refractivity contribution in [2.75, 3.05) is 67.6 Å². The monoisotopic (exact) mass is 771 g/mol. The van der Waals surface area contributed by atoms with Crippen molar-refractivity contribution in [3.63, 3.8) is 0 Å². The van der Waals surface area contributed by atoms with E-state index in [1.165, 1.54) is 84.8 Å². The van der Waals surface area contributed by atoms with E-state index in [4.69, 9.17) is 73.3 Å². The number of phenolic OH excluding ortho intramolecular Hbond substituents is 1. The minimum atomic E-state index is -0.643. The molecule has 2 aromatic carbocycles. The number of nitrogens with one attached hydrogen (secondary N) is 1. The largest absolute Gasteiger partial charge is 0.508 e. The minimum absolute atomic E-state index is 0. The molecule has 2 rings (SSSR count). The molecule has 46 heavy (non-hydrogen) atoms. The number of rotatable bonds is 9. The lowest BCUT2D eigenvalue weighted by atomic mass is 10.3. The number of carbonyl (C=O) groups is 1. The summed E-state index contributed by atoms with van der Waals surface area (Å²) in [7, 11) is 5.78. The molecule has 0 bridgehead atoms. The van der Waals surface area contributed by atoms with Crippen LogP contribution in [0.5, 0.6) is 11.5 Å². The van der Waals surface area contributed by atoms with Crippen LogP contribution in [-0.2, 0) is 9.68 Å². The number of phenols is 1. The highest BCUT2D eigenvalue weighted by atomic mass is 35.5. The predicted molar refractivity (Wildman–Crippen MR) is 198 cm³/mol. The lowest BCUT2D eigenvalue weighted by Gasteiger charge is -2.13. The van der Waals surface area contributed by atoms with Crippen LogP contribution in [0.15, 0.2) is 36.4 Å². The van der Waals surface area contributed by atoms with E-state index in [0.717, 1.165) is 10.1 Å². The molecular formula is C30H51Cl6N5O5. The minimum Gasteiger partial charge on any atom is -0.508 e.